The number of allylic oxidation sites excluding steroid dienone is 1. The van der Waals surface area contributed by atoms with E-state index in [1.54, 1.807) is 38.2 Å². The molecule has 2 aliphatic carbocycles. The fraction of sp³-hybridized carbons (Fsp3) is 0.571. The number of nitrogens with zero attached hydrogens (tertiary/aromatic N) is 3. The number of likely N-dealkylation sites (N-methyl/N-ethyl adjacent to an activating group) is 1. The van der Waals surface area contributed by atoms with Gasteiger partial charge in [0.2, 0.25) is 12.1 Å². The van der Waals surface area contributed by atoms with E-state index in [1.165, 1.54) is 17.0 Å². The van der Waals surface area contributed by atoms with Crippen molar-refractivity contribution in [2.24, 2.45) is 22.9 Å². The van der Waals surface area contributed by atoms with Crippen molar-refractivity contribution in [1.82, 2.24) is 4.90 Å². The summed E-state index contributed by atoms with van der Waals surface area (Å²) in [6.07, 6.45) is 10.2. The molecule has 0 aromatic heterocycles. The zero-order valence-corrected chi connectivity index (χ0v) is 32.4. The number of ether oxygens (including phenoxy) is 5. The molecule has 14 nitrogen and oxygen atoms in total. The highest BCUT2D eigenvalue weighted by molar-refractivity contribution is 6.02. The number of hydrogen-bond donors (Lipinski definition) is 2. The molecule has 14 heteroatoms. The summed E-state index contributed by atoms with van der Waals surface area (Å²) in [7, 11) is 1.68. The molecule has 0 bridgehead atoms. The van der Waals surface area contributed by atoms with Gasteiger partial charge in [-0.2, -0.15) is 0 Å². The molecule has 2 aromatic rings. The van der Waals surface area contributed by atoms with E-state index < -0.39 is 35.1 Å². The Hall–Kier alpha value is -4.50. The zero-order valence-electron chi connectivity index (χ0n) is 32.4. The number of aliphatic hydroxyl groups excluding tert-OH is 2. The highest BCUT2D eigenvalue weighted by Gasteiger charge is 2.65. The number of carbonyl (C=O) groups is 1. The molecular formula is C42H55N3O11. The summed E-state index contributed by atoms with van der Waals surface area (Å²) in [4.78, 5) is 32.4. The highest BCUT2D eigenvalue weighted by atomic mass is 16.8. The predicted octanol–water partition coefficient (Wildman–Crippen LogP) is 7.64. The van der Waals surface area contributed by atoms with Gasteiger partial charge in [-0.15, -0.1) is 6.58 Å². The van der Waals surface area contributed by atoms with Crippen LogP contribution in [0, 0.1) is 27.9 Å². The Kier molecular flexibility index (Phi) is 14.0. The smallest absolute Gasteiger partial charge is 0.409 e. The van der Waals surface area contributed by atoms with E-state index in [4.69, 9.17) is 33.7 Å². The lowest BCUT2D eigenvalue weighted by atomic mass is 9.55. The Morgan fingerprint density at radius 3 is 2.61 bits per heavy atom. The van der Waals surface area contributed by atoms with Gasteiger partial charge in [0.05, 0.1) is 42.4 Å². The summed E-state index contributed by atoms with van der Waals surface area (Å²) in [6.45, 7) is 6.75. The maximum absolute atomic E-state index is 13.6. The van der Waals surface area contributed by atoms with E-state index in [0.29, 0.717) is 48.8 Å². The average Bonchev–Trinajstić information content (AvgIpc) is 3.21. The summed E-state index contributed by atoms with van der Waals surface area (Å²) in [6, 6.07) is 10.8. The normalized spacial score (nSPS) is 27.2. The van der Waals surface area contributed by atoms with Gasteiger partial charge in [-0.3, -0.25) is 10.1 Å². The minimum atomic E-state index is -1.42. The van der Waals surface area contributed by atoms with Gasteiger partial charge in [0, 0.05) is 50.7 Å². The molecule has 304 valence electrons. The number of aliphatic hydroxyl groups is 2. The number of fused-ring (bicyclic) bond motifs is 2. The molecule has 2 aromatic carbocycles. The number of oxime groups is 1. The molecule has 2 fully saturated rings. The van der Waals surface area contributed by atoms with Crippen molar-refractivity contribution in [2.75, 3.05) is 40.1 Å². The number of nitro groups is 1. The van der Waals surface area contributed by atoms with Crippen LogP contribution in [0.3, 0.4) is 0 Å². The molecule has 6 rings (SSSR count). The lowest BCUT2D eigenvalue weighted by molar-refractivity contribution is -0.384. The van der Waals surface area contributed by atoms with Crippen LogP contribution in [0.2, 0.25) is 0 Å². The predicted molar refractivity (Wildman–Crippen MR) is 208 cm³/mol. The summed E-state index contributed by atoms with van der Waals surface area (Å²) in [5.41, 5.74) is 2.32. The first-order valence-corrected chi connectivity index (χ1v) is 19.9. The van der Waals surface area contributed by atoms with Gasteiger partial charge in [-0.05, 0) is 87.1 Å². The first-order valence-electron chi connectivity index (χ1n) is 19.9. The standard InChI is InChI=1S/C42H55N3O11/c1-4-22-53-42-37(44(3)41(48)51-5-2)27-35(43-56-38-17-8-11-23-52-38)33-24-28(13-6-9-20-46)32(16-7-10-21-47)39(40(33)42)34-26-31(18-19-36(34)55-42)54-30-15-12-14-29(25-30)45(49)50/h4,12,14-15,18-19,24-26,28,32,37-40,46-47H,1,5-11,13,16-17,20-23,27H2,2-3H3/t28-,32+,37-,38?,39+,40+,42+/m0/s1. The Labute approximate surface area is 328 Å². The Morgan fingerprint density at radius 1 is 1.11 bits per heavy atom. The molecule has 0 spiro atoms. The van der Waals surface area contributed by atoms with E-state index >= 15 is 0 Å². The van der Waals surface area contributed by atoms with Gasteiger partial charge in [-0.25, -0.2) is 4.79 Å². The molecule has 56 heavy (non-hydrogen) atoms. The van der Waals surface area contributed by atoms with Crippen LogP contribution in [-0.4, -0.2) is 90.0 Å². The van der Waals surface area contributed by atoms with Crippen LogP contribution in [0.5, 0.6) is 17.2 Å². The minimum absolute atomic E-state index is 0.00640. The minimum Gasteiger partial charge on any atom is -0.459 e. The van der Waals surface area contributed by atoms with Crippen LogP contribution >= 0.6 is 0 Å². The van der Waals surface area contributed by atoms with Gasteiger partial charge >= 0.3 is 6.09 Å². The Balaban J connectivity index is 1.55. The van der Waals surface area contributed by atoms with E-state index in [-0.39, 0.29) is 56.3 Å². The third-order valence-electron chi connectivity index (χ3n) is 11.4. The van der Waals surface area contributed by atoms with Crippen LogP contribution in [0.25, 0.3) is 0 Å². The largest absolute Gasteiger partial charge is 0.459 e. The number of amides is 1. The number of rotatable bonds is 18. The first kappa shape index (κ1) is 41.1. The summed E-state index contributed by atoms with van der Waals surface area (Å²) >= 11 is 0. The number of carbonyl (C=O) groups excluding carboxylic acids is 1. The molecule has 2 heterocycles. The van der Waals surface area contributed by atoms with Gasteiger partial charge in [0.1, 0.15) is 23.3 Å². The van der Waals surface area contributed by atoms with Gasteiger partial charge in [-0.1, -0.05) is 36.2 Å². The number of nitro benzene ring substituents is 1. The zero-order chi connectivity index (χ0) is 39.7. The molecule has 1 saturated carbocycles. The maximum Gasteiger partial charge on any atom is 0.409 e. The second kappa shape index (κ2) is 19.1. The van der Waals surface area contributed by atoms with Crippen molar-refractivity contribution in [1.29, 1.82) is 0 Å². The van der Waals surface area contributed by atoms with Gasteiger partial charge in [0.15, 0.2) is 0 Å². The Morgan fingerprint density at radius 2 is 1.89 bits per heavy atom. The van der Waals surface area contributed by atoms with Crippen LogP contribution < -0.4 is 9.47 Å². The fourth-order valence-electron chi connectivity index (χ4n) is 8.86. The number of non-ortho nitro benzene ring substituents is 1. The van der Waals surface area contributed by atoms with Crippen molar-refractivity contribution in [2.45, 2.75) is 95.2 Å². The maximum atomic E-state index is 13.6. The lowest BCUT2D eigenvalue weighted by Crippen LogP contribution is -2.69. The van der Waals surface area contributed by atoms with E-state index in [2.05, 4.69) is 12.7 Å². The molecular weight excluding hydrogens is 722 g/mol. The molecule has 4 aliphatic rings. The van der Waals surface area contributed by atoms with Crippen molar-refractivity contribution >= 4 is 17.5 Å². The molecule has 1 unspecified atom stereocenters. The quantitative estimate of drug-likeness (QED) is 0.0660. The molecule has 2 aliphatic heterocycles. The third-order valence-corrected chi connectivity index (χ3v) is 11.4. The van der Waals surface area contributed by atoms with E-state index in [0.717, 1.165) is 49.7 Å². The van der Waals surface area contributed by atoms with Crippen molar-refractivity contribution < 1.29 is 48.5 Å². The van der Waals surface area contributed by atoms with Crippen molar-refractivity contribution in [3.8, 4) is 17.2 Å². The molecule has 1 amide bonds. The van der Waals surface area contributed by atoms with Crippen molar-refractivity contribution in [3.05, 3.63) is 82.4 Å². The second-order valence-electron chi connectivity index (χ2n) is 14.8. The third kappa shape index (κ3) is 8.88. The van der Waals surface area contributed by atoms with Crippen LogP contribution in [0.1, 0.15) is 82.6 Å². The van der Waals surface area contributed by atoms with Crippen LogP contribution in [-0.2, 0) is 19.0 Å². The monoisotopic (exact) mass is 777 g/mol. The van der Waals surface area contributed by atoms with Gasteiger partial charge in [0.25, 0.3) is 5.69 Å². The van der Waals surface area contributed by atoms with Crippen LogP contribution in [0.4, 0.5) is 10.5 Å². The Bertz CT molecular complexity index is 1740. The number of benzene rings is 2. The van der Waals surface area contributed by atoms with Gasteiger partial charge < -0.3 is 43.6 Å². The average molecular weight is 778 g/mol. The molecule has 7 atom stereocenters. The summed E-state index contributed by atoms with van der Waals surface area (Å²) in [5, 5.41) is 36.0. The SMILES string of the molecule is C=CCO[C@@]12Oc3ccc(Oc4cccc([N+](=O)[O-])c4)cc3[C@H]3[C@H](CCCCO)[C@@H](CCCCO)C=C(C(=NOC4CCCCO4)C[C@@H]1N(C)C(=O)OCC)[C@H]32. The number of unbranched alkanes of at least 4 members (excludes halogenated alkanes) is 2. The summed E-state index contributed by atoms with van der Waals surface area (Å²) < 4.78 is 31.7. The van der Waals surface area contributed by atoms with Crippen LogP contribution in [0.15, 0.2) is 71.9 Å². The molecule has 1 saturated heterocycles. The van der Waals surface area contributed by atoms with Crippen molar-refractivity contribution in [3.63, 3.8) is 0 Å². The first-order chi connectivity index (χ1) is 27.2. The topological polar surface area (TPSA) is 172 Å². The van der Waals surface area contributed by atoms with E-state index in [9.17, 15) is 25.1 Å². The lowest BCUT2D eigenvalue weighted by Gasteiger charge is -2.59. The summed E-state index contributed by atoms with van der Waals surface area (Å²) in [5.74, 6) is -0.826. The molecule has 0 radical (unpaired) electrons. The second-order valence-corrected chi connectivity index (χ2v) is 14.8. The fourth-order valence-corrected chi connectivity index (χ4v) is 8.86. The number of hydrogen-bond acceptors (Lipinski definition) is 12. The van der Waals surface area contributed by atoms with E-state index in [1.807, 2.05) is 12.1 Å². The molecule has 2 N–H and O–H groups in total. The highest BCUT2D eigenvalue weighted by Crippen LogP contribution is 2.62.